The third-order valence-electron chi connectivity index (χ3n) is 4.19. The fourth-order valence-electron chi connectivity index (χ4n) is 2.72. The van der Waals surface area contributed by atoms with Crippen LogP contribution in [0.5, 0.6) is 17.2 Å². The second-order valence-corrected chi connectivity index (χ2v) is 6.35. The van der Waals surface area contributed by atoms with Gasteiger partial charge in [0.1, 0.15) is 28.5 Å². The molecule has 2 heterocycles. The minimum atomic E-state index is -0.483. The van der Waals surface area contributed by atoms with Gasteiger partial charge in [-0.2, -0.15) is 0 Å². The Morgan fingerprint density at radius 3 is 2.58 bits per heavy atom. The summed E-state index contributed by atoms with van der Waals surface area (Å²) in [5.74, 6) is 0.0437. The second-order valence-electron chi connectivity index (χ2n) is 6.35. The molecule has 0 atom stereocenters. The van der Waals surface area contributed by atoms with Crippen LogP contribution in [0.3, 0.4) is 0 Å². The number of pyridine rings is 1. The third-order valence-corrected chi connectivity index (χ3v) is 4.19. The highest BCUT2D eigenvalue weighted by atomic mass is 16.5. The molecule has 0 aliphatic heterocycles. The van der Waals surface area contributed by atoms with Gasteiger partial charge in [-0.1, -0.05) is 6.07 Å². The van der Waals surface area contributed by atoms with E-state index in [1.807, 2.05) is 0 Å². The molecule has 0 bridgehead atoms. The van der Waals surface area contributed by atoms with Crippen LogP contribution in [0.2, 0.25) is 0 Å². The third kappa shape index (κ3) is 4.53. The van der Waals surface area contributed by atoms with Gasteiger partial charge in [-0.15, -0.1) is 10.2 Å². The van der Waals surface area contributed by atoms with Gasteiger partial charge < -0.3 is 15.2 Å². The van der Waals surface area contributed by atoms with Crippen LogP contribution in [0, 0.1) is 0 Å². The highest BCUT2D eigenvalue weighted by Crippen LogP contribution is 2.24. The predicted molar refractivity (Wildman–Crippen MR) is 111 cm³/mol. The molecule has 31 heavy (non-hydrogen) atoms. The quantitative estimate of drug-likeness (QED) is 0.451. The molecule has 10 nitrogen and oxygen atoms in total. The zero-order valence-electron chi connectivity index (χ0n) is 16.2. The number of hydrogen-bond donors (Lipinski definition) is 3. The molecule has 154 valence electrons. The van der Waals surface area contributed by atoms with Crippen molar-refractivity contribution < 1.29 is 19.4 Å². The van der Waals surface area contributed by atoms with E-state index in [0.717, 1.165) is 0 Å². The Bertz CT molecular complexity index is 1290. The highest BCUT2D eigenvalue weighted by molar-refractivity contribution is 6.03. The topological polar surface area (TPSA) is 139 Å². The number of nitrogens with one attached hydrogen (secondary N) is 2. The van der Waals surface area contributed by atoms with Crippen molar-refractivity contribution in [3.63, 3.8) is 0 Å². The minimum absolute atomic E-state index is 0.00353. The van der Waals surface area contributed by atoms with Crippen LogP contribution >= 0.6 is 0 Å². The Morgan fingerprint density at radius 2 is 1.77 bits per heavy atom. The van der Waals surface area contributed by atoms with E-state index in [0.29, 0.717) is 22.5 Å². The van der Waals surface area contributed by atoms with E-state index in [1.54, 1.807) is 36.4 Å². The number of rotatable bonds is 5. The lowest BCUT2D eigenvalue weighted by Gasteiger charge is -2.08. The Morgan fingerprint density at radius 1 is 0.935 bits per heavy atom. The molecule has 0 saturated carbocycles. The summed E-state index contributed by atoms with van der Waals surface area (Å²) in [5.41, 5.74) is 1.43. The molecule has 10 heteroatoms. The lowest BCUT2D eigenvalue weighted by molar-refractivity contribution is 0.0957. The Labute approximate surface area is 175 Å². The molecule has 0 radical (unpaired) electrons. The fourth-order valence-corrected chi connectivity index (χ4v) is 2.72. The van der Waals surface area contributed by atoms with Crippen molar-refractivity contribution in [2.45, 2.75) is 0 Å². The van der Waals surface area contributed by atoms with Crippen LogP contribution in [0.4, 0.5) is 5.95 Å². The van der Waals surface area contributed by atoms with Crippen LogP contribution in [0.1, 0.15) is 20.8 Å². The molecule has 0 unspecified atom stereocenters. The number of anilines is 1. The van der Waals surface area contributed by atoms with E-state index >= 15 is 0 Å². The largest absolute Gasteiger partial charge is 0.508 e. The molecule has 2 aromatic heterocycles. The summed E-state index contributed by atoms with van der Waals surface area (Å²) in [5, 5.41) is 22.5. The Balaban J connectivity index is 1.56. The molecule has 0 aliphatic carbocycles. The Kier molecular flexibility index (Phi) is 5.35. The van der Waals surface area contributed by atoms with Crippen molar-refractivity contribution in [1.82, 2.24) is 25.5 Å². The summed E-state index contributed by atoms with van der Waals surface area (Å²) in [6.07, 6.45) is 1.47. The summed E-state index contributed by atoms with van der Waals surface area (Å²) in [4.78, 5) is 32.4. The number of aromatic hydroxyl groups is 1. The number of phenols is 1. The molecule has 4 aromatic rings. The molecular formula is C21H16N6O4. The summed E-state index contributed by atoms with van der Waals surface area (Å²) < 4.78 is 5.80. The maximum absolute atomic E-state index is 12.3. The number of phenolic OH excluding ortho intramolecular Hbond substituents is 1. The number of nitrogens with zero attached hydrogens (tertiary/aromatic N) is 4. The average Bonchev–Trinajstić information content (AvgIpc) is 2.78. The van der Waals surface area contributed by atoms with Gasteiger partial charge in [-0.3, -0.25) is 19.9 Å². The molecule has 2 aromatic carbocycles. The van der Waals surface area contributed by atoms with Gasteiger partial charge in [0.2, 0.25) is 5.95 Å². The summed E-state index contributed by atoms with van der Waals surface area (Å²) in [6, 6.07) is 14.0. The second kappa shape index (κ2) is 8.41. The van der Waals surface area contributed by atoms with Gasteiger partial charge in [-0.05, 0) is 36.4 Å². The molecule has 3 N–H and O–H groups in total. The summed E-state index contributed by atoms with van der Waals surface area (Å²) >= 11 is 0. The van der Waals surface area contributed by atoms with Crippen LogP contribution in [0.15, 0.2) is 60.8 Å². The monoisotopic (exact) mass is 416 g/mol. The number of fused-ring (bicyclic) bond motifs is 1. The first-order valence-electron chi connectivity index (χ1n) is 9.13. The van der Waals surface area contributed by atoms with E-state index in [1.165, 1.54) is 31.4 Å². The normalized spacial score (nSPS) is 10.5. The molecule has 2 amide bonds. The van der Waals surface area contributed by atoms with E-state index in [4.69, 9.17) is 4.74 Å². The zero-order valence-corrected chi connectivity index (χ0v) is 16.2. The van der Waals surface area contributed by atoms with Crippen molar-refractivity contribution in [3.8, 4) is 17.2 Å². The maximum atomic E-state index is 12.3. The van der Waals surface area contributed by atoms with Gasteiger partial charge in [0.05, 0.1) is 5.52 Å². The van der Waals surface area contributed by atoms with E-state index < -0.39 is 5.91 Å². The maximum Gasteiger partial charge on any atom is 0.269 e. The molecule has 4 rings (SSSR count). The van der Waals surface area contributed by atoms with E-state index in [2.05, 4.69) is 30.8 Å². The number of amides is 2. The van der Waals surface area contributed by atoms with Crippen molar-refractivity contribution in [3.05, 3.63) is 72.1 Å². The lowest BCUT2D eigenvalue weighted by Crippen LogP contribution is -2.18. The van der Waals surface area contributed by atoms with Gasteiger partial charge in [0.25, 0.3) is 11.8 Å². The summed E-state index contributed by atoms with van der Waals surface area (Å²) in [6.45, 7) is 0. The van der Waals surface area contributed by atoms with Gasteiger partial charge >= 0.3 is 0 Å². The summed E-state index contributed by atoms with van der Waals surface area (Å²) in [7, 11) is 1.52. The first-order valence-corrected chi connectivity index (χ1v) is 9.13. The fraction of sp³-hybridized carbons (Fsp3) is 0.0476. The smallest absolute Gasteiger partial charge is 0.269 e. The average molecular weight is 416 g/mol. The number of carbonyl (C=O) groups is 2. The van der Waals surface area contributed by atoms with Crippen LogP contribution < -0.4 is 15.4 Å². The SMILES string of the molecule is CNC(=O)c1cc(Oc2ccc3nnc(NC(=O)c4cccc(O)c4)nc3c2)ccn1. The van der Waals surface area contributed by atoms with Gasteiger partial charge in [0, 0.05) is 30.9 Å². The predicted octanol–water partition coefficient (Wildman–Crippen LogP) is 2.53. The van der Waals surface area contributed by atoms with Crippen LogP contribution in [-0.2, 0) is 0 Å². The number of carbonyl (C=O) groups excluding carboxylic acids is 2. The van der Waals surface area contributed by atoms with E-state index in [9.17, 15) is 14.7 Å². The first kappa shape index (κ1) is 19.7. The van der Waals surface area contributed by atoms with Crippen molar-refractivity contribution in [1.29, 1.82) is 0 Å². The standard InChI is InChI=1S/C21H16N6O4/c1-22-20(30)18-11-15(7-8-23-18)31-14-5-6-16-17(10-14)24-21(27-26-16)25-19(29)12-3-2-4-13(28)9-12/h2-11,28H,1H3,(H,22,30)(H,24,25,27,29). The number of benzene rings is 2. The number of aromatic nitrogens is 4. The Hall–Kier alpha value is -4.60. The van der Waals surface area contributed by atoms with E-state index in [-0.39, 0.29) is 28.9 Å². The van der Waals surface area contributed by atoms with Gasteiger partial charge in [0.15, 0.2) is 0 Å². The van der Waals surface area contributed by atoms with Crippen molar-refractivity contribution >= 4 is 28.8 Å². The minimum Gasteiger partial charge on any atom is -0.508 e. The molecule has 0 aliphatic rings. The van der Waals surface area contributed by atoms with Crippen molar-refractivity contribution in [2.24, 2.45) is 0 Å². The number of hydrogen-bond acceptors (Lipinski definition) is 8. The van der Waals surface area contributed by atoms with Crippen molar-refractivity contribution in [2.75, 3.05) is 12.4 Å². The zero-order chi connectivity index (χ0) is 21.8. The molecule has 0 fully saturated rings. The van der Waals surface area contributed by atoms with Crippen LogP contribution in [-0.4, -0.2) is 44.1 Å². The molecular weight excluding hydrogens is 400 g/mol. The number of ether oxygens (including phenoxy) is 1. The first-order chi connectivity index (χ1) is 15.0. The molecule has 0 saturated heterocycles. The van der Waals surface area contributed by atoms with Crippen LogP contribution in [0.25, 0.3) is 11.0 Å². The van der Waals surface area contributed by atoms with Gasteiger partial charge in [-0.25, -0.2) is 4.98 Å². The molecule has 0 spiro atoms. The highest BCUT2D eigenvalue weighted by Gasteiger charge is 2.11. The lowest BCUT2D eigenvalue weighted by atomic mass is 10.2.